The fourth-order valence-corrected chi connectivity index (χ4v) is 3.49. The molecule has 5 rings (SSSR count). The van der Waals surface area contributed by atoms with Crippen molar-refractivity contribution >= 4 is 27.7 Å². The Kier molecular flexibility index (Phi) is 2.97. The maximum absolute atomic E-state index is 13.0. The van der Waals surface area contributed by atoms with Crippen molar-refractivity contribution in [3.05, 3.63) is 76.3 Å². The monoisotopic (exact) mass is 342 g/mol. The molecule has 1 N–H and O–H groups in total. The molecule has 2 aromatic carbocycles. The molecular weight excluding hydrogens is 326 g/mol. The minimum absolute atomic E-state index is 0.108. The van der Waals surface area contributed by atoms with Crippen LogP contribution in [0.25, 0.3) is 33.4 Å². The molecule has 6 nitrogen and oxygen atoms in total. The maximum atomic E-state index is 13.0. The molecule has 3 aromatic heterocycles. The Morgan fingerprint density at radius 3 is 2.54 bits per heavy atom. The zero-order valence-corrected chi connectivity index (χ0v) is 14.4. The standard InChI is InChI=1S/C20H15N5O/c1-12-18(26)17-19-22-15-10-6-7-11-16(15)24(19)13(2)21-20(17)25(23-12)14-8-4-3-5-9-14/h3-11H,1-2H3/p+1. The average molecular weight is 342 g/mol. The average Bonchev–Trinajstić information content (AvgIpc) is 3.05. The van der Waals surface area contributed by atoms with Crippen LogP contribution in [-0.4, -0.2) is 19.7 Å². The van der Waals surface area contributed by atoms with Crippen molar-refractivity contribution in [1.29, 1.82) is 0 Å². The fraction of sp³-hybridized carbons (Fsp3) is 0.100. The van der Waals surface area contributed by atoms with Gasteiger partial charge in [-0.15, -0.1) is 0 Å². The molecule has 0 aliphatic carbocycles. The first-order valence-corrected chi connectivity index (χ1v) is 8.43. The lowest BCUT2D eigenvalue weighted by Crippen LogP contribution is -2.30. The summed E-state index contributed by atoms with van der Waals surface area (Å²) in [5.41, 5.74) is 4.45. The van der Waals surface area contributed by atoms with Crippen molar-refractivity contribution in [3.63, 3.8) is 0 Å². The summed E-state index contributed by atoms with van der Waals surface area (Å²) in [6.45, 7) is 3.67. The van der Waals surface area contributed by atoms with E-state index < -0.39 is 0 Å². The van der Waals surface area contributed by atoms with Crippen molar-refractivity contribution < 1.29 is 4.40 Å². The molecule has 3 heterocycles. The third-order valence-corrected chi connectivity index (χ3v) is 4.68. The number of fused-ring (bicyclic) bond motifs is 5. The van der Waals surface area contributed by atoms with Crippen LogP contribution < -0.4 is 9.83 Å². The molecule has 0 amide bonds. The predicted molar refractivity (Wildman–Crippen MR) is 99.6 cm³/mol. The highest BCUT2D eigenvalue weighted by Crippen LogP contribution is 2.19. The van der Waals surface area contributed by atoms with Gasteiger partial charge < -0.3 is 0 Å². The molecule has 6 heteroatoms. The lowest BCUT2D eigenvalue weighted by molar-refractivity contribution is -0.492. The largest absolute Gasteiger partial charge is 0.287 e. The number of imidazole rings is 1. The molecule has 0 aliphatic rings. The van der Waals surface area contributed by atoms with Gasteiger partial charge in [0.1, 0.15) is 16.7 Å². The SMILES string of the molecule is Cc1nn(-c2ccccc2)c2nc(C)[n+]3c4ccccc4[nH]c3c2c1=O. The van der Waals surface area contributed by atoms with Gasteiger partial charge in [-0.2, -0.15) is 14.2 Å². The molecule has 126 valence electrons. The summed E-state index contributed by atoms with van der Waals surface area (Å²) in [7, 11) is 0. The van der Waals surface area contributed by atoms with Gasteiger partial charge >= 0.3 is 0 Å². The number of hydrogen-bond acceptors (Lipinski definition) is 3. The van der Waals surface area contributed by atoms with Crippen LogP contribution in [0.1, 0.15) is 11.5 Å². The number of benzene rings is 2. The predicted octanol–water partition coefficient (Wildman–Crippen LogP) is 2.62. The second-order valence-corrected chi connectivity index (χ2v) is 6.35. The lowest BCUT2D eigenvalue weighted by Gasteiger charge is -2.08. The zero-order valence-electron chi connectivity index (χ0n) is 14.4. The summed E-state index contributed by atoms with van der Waals surface area (Å²) in [5, 5.41) is 5.04. The van der Waals surface area contributed by atoms with Crippen LogP contribution >= 0.6 is 0 Å². The molecular formula is C20H16N5O+. The van der Waals surface area contributed by atoms with E-state index in [1.54, 1.807) is 11.6 Å². The first kappa shape index (κ1) is 14.8. The van der Waals surface area contributed by atoms with Gasteiger partial charge in [-0.25, -0.2) is 0 Å². The summed E-state index contributed by atoms with van der Waals surface area (Å²) in [6.07, 6.45) is 0. The molecule has 0 bridgehead atoms. The molecule has 0 saturated carbocycles. The van der Waals surface area contributed by atoms with Gasteiger partial charge in [0.15, 0.2) is 5.39 Å². The molecule has 5 aromatic rings. The number of hydrogen-bond donors (Lipinski definition) is 1. The van der Waals surface area contributed by atoms with Crippen molar-refractivity contribution in [2.75, 3.05) is 0 Å². The number of aromatic nitrogens is 5. The van der Waals surface area contributed by atoms with Gasteiger partial charge in [0, 0.05) is 6.92 Å². The normalized spacial score (nSPS) is 11.6. The summed E-state index contributed by atoms with van der Waals surface area (Å²) < 4.78 is 3.73. The van der Waals surface area contributed by atoms with E-state index in [2.05, 4.69) is 10.1 Å². The Balaban J connectivity index is 2.06. The van der Waals surface area contributed by atoms with Crippen LogP contribution in [0.15, 0.2) is 59.4 Å². The van der Waals surface area contributed by atoms with E-state index in [0.717, 1.165) is 28.2 Å². The second kappa shape index (κ2) is 5.23. The number of nitrogens with zero attached hydrogens (tertiary/aromatic N) is 4. The number of rotatable bonds is 1. The number of aryl methyl sites for hydroxylation is 2. The Morgan fingerprint density at radius 2 is 1.73 bits per heavy atom. The Labute approximate surface area is 148 Å². The van der Waals surface area contributed by atoms with Gasteiger partial charge in [0.05, 0.1) is 5.69 Å². The van der Waals surface area contributed by atoms with Crippen LogP contribution in [0.2, 0.25) is 0 Å². The highest BCUT2D eigenvalue weighted by Gasteiger charge is 2.24. The molecule has 0 radical (unpaired) electrons. The number of aromatic amines is 1. The first-order chi connectivity index (χ1) is 12.6. The zero-order chi connectivity index (χ0) is 17.8. The minimum Gasteiger partial charge on any atom is -0.287 e. The van der Waals surface area contributed by atoms with Gasteiger partial charge in [-0.1, -0.05) is 35.3 Å². The Bertz CT molecular complexity index is 1370. The molecule has 0 fully saturated rings. The van der Waals surface area contributed by atoms with Crippen LogP contribution in [-0.2, 0) is 0 Å². The molecule has 0 saturated heterocycles. The van der Waals surface area contributed by atoms with Gasteiger partial charge in [-0.3, -0.25) is 9.78 Å². The topological polar surface area (TPSA) is 67.7 Å². The molecule has 0 unspecified atom stereocenters. The lowest BCUT2D eigenvalue weighted by atomic mass is 10.2. The number of nitrogens with one attached hydrogen (secondary N) is 1. The summed E-state index contributed by atoms with van der Waals surface area (Å²) >= 11 is 0. The highest BCUT2D eigenvalue weighted by atomic mass is 16.1. The maximum Gasteiger partial charge on any atom is 0.248 e. The van der Waals surface area contributed by atoms with E-state index in [1.807, 2.05) is 65.9 Å². The van der Waals surface area contributed by atoms with E-state index in [4.69, 9.17) is 4.98 Å². The number of para-hydroxylation sites is 3. The van der Waals surface area contributed by atoms with Gasteiger partial charge in [0.2, 0.25) is 22.5 Å². The van der Waals surface area contributed by atoms with E-state index >= 15 is 0 Å². The third-order valence-electron chi connectivity index (χ3n) is 4.68. The first-order valence-electron chi connectivity index (χ1n) is 8.43. The van der Waals surface area contributed by atoms with Crippen molar-refractivity contribution in [2.24, 2.45) is 0 Å². The van der Waals surface area contributed by atoms with E-state index in [0.29, 0.717) is 16.7 Å². The summed E-state index contributed by atoms with van der Waals surface area (Å²) in [6, 6.07) is 17.7. The minimum atomic E-state index is -0.108. The van der Waals surface area contributed by atoms with Crippen LogP contribution in [0.5, 0.6) is 0 Å². The summed E-state index contributed by atoms with van der Waals surface area (Å²) in [4.78, 5) is 21.1. The highest BCUT2D eigenvalue weighted by molar-refractivity contribution is 5.90. The second-order valence-electron chi connectivity index (χ2n) is 6.35. The van der Waals surface area contributed by atoms with Crippen LogP contribution in [0.3, 0.4) is 0 Å². The van der Waals surface area contributed by atoms with E-state index in [-0.39, 0.29) is 5.43 Å². The quantitative estimate of drug-likeness (QED) is 0.476. The van der Waals surface area contributed by atoms with E-state index in [1.165, 1.54) is 0 Å². The molecule has 0 atom stereocenters. The number of H-pyrrole nitrogens is 1. The van der Waals surface area contributed by atoms with E-state index in [9.17, 15) is 4.79 Å². The van der Waals surface area contributed by atoms with Crippen LogP contribution in [0.4, 0.5) is 0 Å². The van der Waals surface area contributed by atoms with Crippen molar-refractivity contribution in [2.45, 2.75) is 13.8 Å². The van der Waals surface area contributed by atoms with Crippen molar-refractivity contribution in [1.82, 2.24) is 19.7 Å². The third kappa shape index (κ3) is 1.92. The smallest absolute Gasteiger partial charge is 0.248 e. The van der Waals surface area contributed by atoms with Gasteiger partial charge in [-0.05, 0) is 31.2 Å². The molecule has 0 aliphatic heterocycles. The van der Waals surface area contributed by atoms with Crippen LogP contribution in [0, 0.1) is 13.8 Å². The fourth-order valence-electron chi connectivity index (χ4n) is 3.49. The van der Waals surface area contributed by atoms with Gasteiger partial charge in [0.25, 0.3) is 0 Å². The Hall–Kier alpha value is -3.54. The summed E-state index contributed by atoms with van der Waals surface area (Å²) in [5.74, 6) is 0.791. The van der Waals surface area contributed by atoms with Crippen molar-refractivity contribution in [3.8, 4) is 5.69 Å². The molecule has 26 heavy (non-hydrogen) atoms. The Morgan fingerprint density at radius 1 is 1.00 bits per heavy atom. The molecule has 0 spiro atoms.